The standard InChI is InChI=1S/C18H20N2O5/c1-24-12-5-4-6-13(11-12)25-16-8-3-2-7-15(16)20-18(23)14(19)9-10-17(21)22/h2-8,11,14H,9-10,19H2,1H3,(H,20,23)(H,21,22). The minimum Gasteiger partial charge on any atom is -0.497 e. The molecule has 0 aliphatic heterocycles. The van der Waals surface area contributed by atoms with Gasteiger partial charge in [-0.1, -0.05) is 18.2 Å². The number of methoxy groups -OCH3 is 1. The summed E-state index contributed by atoms with van der Waals surface area (Å²) in [4.78, 5) is 22.7. The third-order valence-corrected chi connectivity index (χ3v) is 3.42. The molecule has 2 rings (SSSR count). The first-order valence-electron chi connectivity index (χ1n) is 7.69. The third-order valence-electron chi connectivity index (χ3n) is 3.42. The number of carbonyl (C=O) groups excluding carboxylic acids is 1. The number of nitrogens with one attached hydrogen (secondary N) is 1. The molecule has 0 fully saturated rings. The lowest BCUT2D eigenvalue weighted by Gasteiger charge is -2.15. The predicted octanol–water partition coefficient (Wildman–Crippen LogP) is 2.62. The van der Waals surface area contributed by atoms with Crippen LogP contribution < -0.4 is 20.5 Å². The maximum Gasteiger partial charge on any atom is 0.303 e. The number of carboxylic acids is 1. The van der Waals surface area contributed by atoms with Gasteiger partial charge in [-0.2, -0.15) is 0 Å². The SMILES string of the molecule is COc1cccc(Oc2ccccc2NC(=O)C(N)CCC(=O)O)c1. The number of ether oxygens (including phenoxy) is 2. The van der Waals surface area contributed by atoms with E-state index in [0.717, 1.165) is 0 Å². The lowest BCUT2D eigenvalue weighted by atomic mass is 10.1. The molecule has 0 heterocycles. The van der Waals surface area contributed by atoms with Gasteiger partial charge in [0.25, 0.3) is 0 Å². The van der Waals surface area contributed by atoms with E-state index in [1.165, 1.54) is 0 Å². The first-order chi connectivity index (χ1) is 12.0. The summed E-state index contributed by atoms with van der Waals surface area (Å²) in [5.74, 6) is 0.174. The van der Waals surface area contributed by atoms with E-state index in [2.05, 4.69) is 5.32 Å². The van der Waals surface area contributed by atoms with Gasteiger partial charge in [-0.25, -0.2) is 0 Å². The molecule has 132 valence electrons. The average Bonchev–Trinajstić information content (AvgIpc) is 2.61. The highest BCUT2D eigenvalue weighted by Gasteiger charge is 2.17. The van der Waals surface area contributed by atoms with Crippen molar-refractivity contribution in [2.75, 3.05) is 12.4 Å². The molecule has 7 nitrogen and oxygen atoms in total. The van der Waals surface area contributed by atoms with Crippen LogP contribution in [0.4, 0.5) is 5.69 Å². The van der Waals surface area contributed by atoms with E-state index >= 15 is 0 Å². The molecule has 0 aliphatic carbocycles. The summed E-state index contributed by atoms with van der Waals surface area (Å²) in [5, 5.41) is 11.3. The number of para-hydroxylation sites is 2. The molecule has 1 unspecified atom stereocenters. The fourth-order valence-electron chi connectivity index (χ4n) is 2.09. The van der Waals surface area contributed by atoms with E-state index in [4.69, 9.17) is 20.3 Å². The minimum absolute atomic E-state index is 0.0556. The van der Waals surface area contributed by atoms with Crippen LogP contribution in [0.5, 0.6) is 17.2 Å². The molecule has 0 radical (unpaired) electrons. The maximum absolute atomic E-state index is 12.1. The van der Waals surface area contributed by atoms with E-state index < -0.39 is 17.9 Å². The number of amides is 1. The second-order valence-electron chi connectivity index (χ2n) is 5.31. The molecule has 4 N–H and O–H groups in total. The van der Waals surface area contributed by atoms with Gasteiger partial charge in [0, 0.05) is 12.5 Å². The monoisotopic (exact) mass is 344 g/mol. The summed E-state index contributed by atoms with van der Waals surface area (Å²) >= 11 is 0. The highest BCUT2D eigenvalue weighted by molar-refractivity contribution is 5.96. The van der Waals surface area contributed by atoms with Gasteiger partial charge in [0.1, 0.15) is 11.5 Å². The molecular weight excluding hydrogens is 324 g/mol. The topological polar surface area (TPSA) is 111 Å². The number of rotatable bonds is 8. The van der Waals surface area contributed by atoms with Crippen molar-refractivity contribution in [2.24, 2.45) is 5.73 Å². The largest absolute Gasteiger partial charge is 0.497 e. The second kappa shape index (κ2) is 8.70. The highest BCUT2D eigenvalue weighted by Crippen LogP contribution is 2.31. The predicted molar refractivity (Wildman–Crippen MR) is 93.0 cm³/mol. The van der Waals surface area contributed by atoms with Crippen LogP contribution in [0.25, 0.3) is 0 Å². The molecule has 0 saturated heterocycles. The summed E-state index contributed by atoms with van der Waals surface area (Å²) in [6.45, 7) is 0. The molecule has 2 aromatic rings. The van der Waals surface area contributed by atoms with Crippen molar-refractivity contribution in [1.29, 1.82) is 0 Å². The fraction of sp³-hybridized carbons (Fsp3) is 0.222. The Labute approximate surface area is 145 Å². The maximum atomic E-state index is 12.1. The molecule has 0 aliphatic rings. The summed E-state index contributed by atoms with van der Waals surface area (Å²) in [6.07, 6.45) is -0.114. The number of anilines is 1. The Balaban J connectivity index is 2.09. The van der Waals surface area contributed by atoms with Gasteiger partial charge in [0.2, 0.25) is 5.91 Å². The number of aliphatic carboxylic acids is 1. The van der Waals surface area contributed by atoms with E-state index in [1.54, 1.807) is 55.6 Å². The molecular formula is C18H20N2O5. The van der Waals surface area contributed by atoms with Crippen molar-refractivity contribution in [2.45, 2.75) is 18.9 Å². The quantitative estimate of drug-likeness (QED) is 0.679. The van der Waals surface area contributed by atoms with Gasteiger partial charge >= 0.3 is 5.97 Å². The van der Waals surface area contributed by atoms with Gasteiger partial charge in [-0.3, -0.25) is 9.59 Å². The molecule has 0 saturated carbocycles. The van der Waals surface area contributed by atoms with Crippen molar-refractivity contribution in [3.63, 3.8) is 0 Å². The van der Waals surface area contributed by atoms with Gasteiger partial charge in [-0.15, -0.1) is 0 Å². The molecule has 1 amide bonds. The highest BCUT2D eigenvalue weighted by atomic mass is 16.5. The Hall–Kier alpha value is -3.06. The lowest BCUT2D eigenvalue weighted by molar-refractivity contribution is -0.137. The Morgan fingerprint density at radius 2 is 1.88 bits per heavy atom. The van der Waals surface area contributed by atoms with Crippen LogP contribution in [0.1, 0.15) is 12.8 Å². The van der Waals surface area contributed by atoms with E-state index in [-0.39, 0.29) is 12.8 Å². The first-order valence-corrected chi connectivity index (χ1v) is 7.69. The minimum atomic E-state index is -0.995. The molecule has 1 atom stereocenters. The van der Waals surface area contributed by atoms with E-state index in [0.29, 0.717) is 22.9 Å². The average molecular weight is 344 g/mol. The number of nitrogens with two attached hydrogens (primary N) is 1. The summed E-state index contributed by atoms with van der Waals surface area (Å²) in [5.41, 5.74) is 6.17. The van der Waals surface area contributed by atoms with Crippen LogP contribution >= 0.6 is 0 Å². The Bertz CT molecular complexity index is 748. The third kappa shape index (κ3) is 5.50. The summed E-state index contributed by atoms with van der Waals surface area (Å²) in [6, 6.07) is 13.1. The second-order valence-corrected chi connectivity index (χ2v) is 5.31. The molecule has 7 heteroatoms. The smallest absolute Gasteiger partial charge is 0.303 e. The zero-order chi connectivity index (χ0) is 18.2. The van der Waals surface area contributed by atoms with Crippen molar-refractivity contribution in [3.8, 4) is 17.2 Å². The van der Waals surface area contributed by atoms with E-state index in [1.807, 2.05) is 0 Å². The number of hydrogen-bond donors (Lipinski definition) is 3. The summed E-state index contributed by atoms with van der Waals surface area (Å²) in [7, 11) is 1.56. The number of hydrogen-bond acceptors (Lipinski definition) is 5. The molecule has 0 bridgehead atoms. The first kappa shape index (κ1) is 18.3. The van der Waals surface area contributed by atoms with Gasteiger partial charge in [0.15, 0.2) is 5.75 Å². The van der Waals surface area contributed by atoms with Crippen LogP contribution in [-0.4, -0.2) is 30.1 Å². The molecule has 25 heavy (non-hydrogen) atoms. The number of benzene rings is 2. The van der Waals surface area contributed by atoms with Crippen LogP contribution in [0.2, 0.25) is 0 Å². The summed E-state index contributed by atoms with van der Waals surface area (Å²) < 4.78 is 11.0. The fourth-order valence-corrected chi connectivity index (χ4v) is 2.09. The van der Waals surface area contributed by atoms with Crippen molar-refractivity contribution >= 4 is 17.6 Å². The lowest BCUT2D eigenvalue weighted by Crippen LogP contribution is -2.36. The Morgan fingerprint density at radius 1 is 1.16 bits per heavy atom. The van der Waals surface area contributed by atoms with Crippen LogP contribution in [0.15, 0.2) is 48.5 Å². The zero-order valence-corrected chi connectivity index (χ0v) is 13.8. The normalized spacial score (nSPS) is 11.4. The Kier molecular flexibility index (Phi) is 6.36. The van der Waals surface area contributed by atoms with Crippen LogP contribution in [0, 0.1) is 0 Å². The molecule has 2 aromatic carbocycles. The van der Waals surface area contributed by atoms with Gasteiger partial charge < -0.3 is 25.6 Å². The van der Waals surface area contributed by atoms with Crippen LogP contribution in [0.3, 0.4) is 0 Å². The van der Waals surface area contributed by atoms with Crippen molar-refractivity contribution in [1.82, 2.24) is 0 Å². The Morgan fingerprint density at radius 3 is 2.60 bits per heavy atom. The van der Waals surface area contributed by atoms with Crippen LogP contribution in [-0.2, 0) is 9.59 Å². The number of carboxylic acid groups (broad SMARTS) is 1. The van der Waals surface area contributed by atoms with Gasteiger partial charge in [-0.05, 0) is 30.7 Å². The molecule has 0 aromatic heterocycles. The van der Waals surface area contributed by atoms with Crippen molar-refractivity contribution < 1.29 is 24.2 Å². The van der Waals surface area contributed by atoms with E-state index in [9.17, 15) is 9.59 Å². The zero-order valence-electron chi connectivity index (χ0n) is 13.8. The number of carbonyl (C=O) groups is 2. The van der Waals surface area contributed by atoms with Gasteiger partial charge in [0.05, 0.1) is 18.8 Å². The van der Waals surface area contributed by atoms with Crippen molar-refractivity contribution in [3.05, 3.63) is 48.5 Å². The molecule has 0 spiro atoms.